The third kappa shape index (κ3) is 4.07. The molecule has 2 amide bonds. The van der Waals surface area contributed by atoms with Crippen molar-refractivity contribution in [2.24, 2.45) is 0 Å². The molecule has 0 aromatic heterocycles. The van der Waals surface area contributed by atoms with E-state index < -0.39 is 0 Å². The highest BCUT2D eigenvalue weighted by atomic mass is 35.5. The molecule has 3 rings (SSSR count). The number of carbonyl (C=O) groups excluding carboxylic acids is 1. The van der Waals surface area contributed by atoms with E-state index in [4.69, 9.17) is 34.8 Å². The van der Waals surface area contributed by atoms with Crippen molar-refractivity contribution >= 4 is 52.2 Å². The number of benzene rings is 2. The first-order valence-corrected chi connectivity index (χ1v) is 8.68. The number of nitrogens with one attached hydrogen (secondary N) is 1. The molecule has 2 aromatic carbocycles. The van der Waals surface area contributed by atoms with Gasteiger partial charge in [0.25, 0.3) is 0 Å². The minimum atomic E-state index is -0.135. The number of hydrogen-bond acceptors (Lipinski definition) is 2. The second-order valence-corrected chi connectivity index (χ2v) is 6.76. The lowest BCUT2D eigenvalue weighted by Gasteiger charge is -2.36. The first-order valence-electron chi connectivity index (χ1n) is 7.54. The Labute approximate surface area is 155 Å². The molecule has 0 aliphatic carbocycles. The third-order valence-corrected chi connectivity index (χ3v) is 4.92. The van der Waals surface area contributed by atoms with Crippen LogP contribution in [-0.4, -0.2) is 37.1 Å². The van der Waals surface area contributed by atoms with Gasteiger partial charge in [0.2, 0.25) is 0 Å². The third-order valence-electron chi connectivity index (χ3n) is 3.93. The number of rotatable bonds is 2. The Morgan fingerprint density at radius 2 is 1.54 bits per heavy atom. The van der Waals surface area contributed by atoms with E-state index in [0.717, 1.165) is 23.8 Å². The molecule has 0 spiro atoms. The van der Waals surface area contributed by atoms with Gasteiger partial charge in [0.15, 0.2) is 0 Å². The molecule has 24 heavy (non-hydrogen) atoms. The number of hydrogen-bond donors (Lipinski definition) is 1. The molecule has 0 unspecified atom stereocenters. The van der Waals surface area contributed by atoms with Gasteiger partial charge in [-0.15, -0.1) is 0 Å². The summed E-state index contributed by atoms with van der Waals surface area (Å²) in [7, 11) is 0. The van der Waals surface area contributed by atoms with Crippen LogP contribution in [0, 0.1) is 0 Å². The number of piperazine rings is 1. The van der Waals surface area contributed by atoms with Crippen LogP contribution in [-0.2, 0) is 0 Å². The fourth-order valence-electron chi connectivity index (χ4n) is 2.60. The van der Waals surface area contributed by atoms with Gasteiger partial charge in [-0.3, -0.25) is 0 Å². The van der Waals surface area contributed by atoms with E-state index in [-0.39, 0.29) is 6.03 Å². The van der Waals surface area contributed by atoms with E-state index in [1.807, 2.05) is 24.3 Å². The number of amides is 2. The molecule has 1 heterocycles. The summed E-state index contributed by atoms with van der Waals surface area (Å²) in [4.78, 5) is 16.4. The topological polar surface area (TPSA) is 35.6 Å². The monoisotopic (exact) mass is 383 g/mol. The summed E-state index contributed by atoms with van der Waals surface area (Å²) in [6.07, 6.45) is 0. The SMILES string of the molecule is O=C(Nc1ccc(Cl)c(Cl)c1)N1CCN(c2ccc(Cl)cc2)CC1. The average molecular weight is 385 g/mol. The smallest absolute Gasteiger partial charge is 0.321 e. The maximum Gasteiger partial charge on any atom is 0.321 e. The number of anilines is 2. The van der Waals surface area contributed by atoms with Crippen molar-refractivity contribution in [2.45, 2.75) is 0 Å². The van der Waals surface area contributed by atoms with Gasteiger partial charge in [-0.2, -0.15) is 0 Å². The summed E-state index contributed by atoms with van der Waals surface area (Å²) in [6, 6.07) is 12.6. The fraction of sp³-hybridized carbons (Fsp3) is 0.235. The van der Waals surface area contributed by atoms with Gasteiger partial charge >= 0.3 is 6.03 Å². The Hall–Kier alpha value is -1.62. The normalized spacial score (nSPS) is 14.6. The summed E-state index contributed by atoms with van der Waals surface area (Å²) >= 11 is 17.8. The molecule has 1 saturated heterocycles. The van der Waals surface area contributed by atoms with Crippen LogP contribution in [0.3, 0.4) is 0 Å². The minimum absolute atomic E-state index is 0.135. The van der Waals surface area contributed by atoms with E-state index in [2.05, 4.69) is 10.2 Å². The predicted molar refractivity (Wildman–Crippen MR) is 101 cm³/mol. The molecule has 1 N–H and O–H groups in total. The molecule has 0 radical (unpaired) electrons. The quantitative estimate of drug-likeness (QED) is 0.791. The van der Waals surface area contributed by atoms with Gasteiger partial charge in [-0.1, -0.05) is 34.8 Å². The fourth-order valence-corrected chi connectivity index (χ4v) is 3.02. The molecular formula is C17H16Cl3N3O. The van der Waals surface area contributed by atoms with Crippen LogP contribution >= 0.6 is 34.8 Å². The Kier molecular flexibility index (Phi) is 5.39. The average Bonchev–Trinajstić information content (AvgIpc) is 2.59. The van der Waals surface area contributed by atoms with Crippen molar-refractivity contribution in [3.8, 4) is 0 Å². The Bertz CT molecular complexity index is 728. The molecule has 2 aromatic rings. The highest BCUT2D eigenvalue weighted by Crippen LogP contribution is 2.25. The van der Waals surface area contributed by atoms with Crippen molar-refractivity contribution in [3.05, 3.63) is 57.5 Å². The highest BCUT2D eigenvalue weighted by Gasteiger charge is 2.21. The second kappa shape index (κ2) is 7.51. The Balaban J connectivity index is 1.56. The predicted octanol–water partition coefficient (Wildman–Crippen LogP) is 5.00. The van der Waals surface area contributed by atoms with Crippen LogP contribution in [0.1, 0.15) is 0 Å². The van der Waals surface area contributed by atoms with Crippen LogP contribution in [0.25, 0.3) is 0 Å². The lowest BCUT2D eigenvalue weighted by atomic mass is 10.2. The number of urea groups is 1. The lowest BCUT2D eigenvalue weighted by Crippen LogP contribution is -2.50. The van der Waals surface area contributed by atoms with Crippen LogP contribution < -0.4 is 10.2 Å². The number of nitrogens with zero attached hydrogens (tertiary/aromatic N) is 2. The maximum atomic E-state index is 12.4. The lowest BCUT2D eigenvalue weighted by molar-refractivity contribution is 0.208. The maximum absolute atomic E-state index is 12.4. The van der Waals surface area contributed by atoms with Gasteiger partial charge in [0.1, 0.15) is 0 Å². The zero-order chi connectivity index (χ0) is 17.1. The molecule has 0 saturated carbocycles. The van der Waals surface area contributed by atoms with Gasteiger partial charge in [0, 0.05) is 42.6 Å². The Morgan fingerprint density at radius 1 is 0.875 bits per heavy atom. The summed E-state index contributed by atoms with van der Waals surface area (Å²) in [5, 5.41) is 4.45. The molecule has 4 nitrogen and oxygen atoms in total. The van der Waals surface area contributed by atoms with Crippen LogP contribution in [0.2, 0.25) is 15.1 Å². The van der Waals surface area contributed by atoms with Crippen molar-refractivity contribution in [1.29, 1.82) is 0 Å². The molecule has 1 aliphatic heterocycles. The minimum Gasteiger partial charge on any atom is -0.368 e. The Morgan fingerprint density at radius 3 is 2.17 bits per heavy atom. The summed E-state index contributed by atoms with van der Waals surface area (Å²) in [5.74, 6) is 0. The van der Waals surface area contributed by atoms with Crippen molar-refractivity contribution < 1.29 is 4.79 Å². The van der Waals surface area contributed by atoms with E-state index in [1.165, 1.54) is 0 Å². The van der Waals surface area contributed by atoms with Crippen LogP contribution in [0.4, 0.5) is 16.2 Å². The molecule has 1 aliphatic rings. The van der Waals surface area contributed by atoms with Gasteiger partial charge in [-0.05, 0) is 42.5 Å². The molecule has 0 bridgehead atoms. The van der Waals surface area contributed by atoms with Crippen LogP contribution in [0.15, 0.2) is 42.5 Å². The zero-order valence-electron chi connectivity index (χ0n) is 12.8. The van der Waals surface area contributed by atoms with E-state index in [1.54, 1.807) is 23.1 Å². The van der Waals surface area contributed by atoms with Gasteiger partial charge < -0.3 is 15.1 Å². The van der Waals surface area contributed by atoms with Gasteiger partial charge in [0.05, 0.1) is 10.0 Å². The number of carbonyl (C=O) groups is 1. The first kappa shape index (κ1) is 17.2. The van der Waals surface area contributed by atoms with Crippen LogP contribution in [0.5, 0.6) is 0 Å². The second-order valence-electron chi connectivity index (χ2n) is 5.51. The van der Waals surface area contributed by atoms with E-state index in [0.29, 0.717) is 28.8 Å². The van der Waals surface area contributed by atoms with Crippen molar-refractivity contribution in [1.82, 2.24) is 4.90 Å². The summed E-state index contributed by atoms with van der Waals surface area (Å²) in [5.41, 5.74) is 1.75. The highest BCUT2D eigenvalue weighted by molar-refractivity contribution is 6.42. The molecule has 1 fully saturated rings. The summed E-state index contributed by atoms with van der Waals surface area (Å²) in [6.45, 7) is 2.85. The largest absolute Gasteiger partial charge is 0.368 e. The molecule has 0 atom stereocenters. The zero-order valence-corrected chi connectivity index (χ0v) is 15.1. The molecular weight excluding hydrogens is 369 g/mol. The summed E-state index contributed by atoms with van der Waals surface area (Å²) < 4.78 is 0. The van der Waals surface area contributed by atoms with Gasteiger partial charge in [-0.25, -0.2) is 4.79 Å². The molecule has 126 valence electrons. The van der Waals surface area contributed by atoms with Crippen molar-refractivity contribution in [3.63, 3.8) is 0 Å². The number of halogens is 3. The standard InChI is InChI=1S/C17H16Cl3N3O/c18-12-1-4-14(5-2-12)22-7-9-23(10-8-22)17(24)21-13-3-6-15(19)16(20)11-13/h1-6,11H,7-10H2,(H,21,24). The molecule has 7 heteroatoms. The van der Waals surface area contributed by atoms with E-state index in [9.17, 15) is 4.79 Å². The first-order chi connectivity index (χ1) is 11.5. The van der Waals surface area contributed by atoms with E-state index >= 15 is 0 Å². The van der Waals surface area contributed by atoms with Crippen molar-refractivity contribution in [2.75, 3.05) is 36.4 Å².